The molecule has 0 unspecified atom stereocenters. The molecular weight excluding hydrogens is 588 g/mol. The molecule has 12 heteroatoms. The van der Waals surface area contributed by atoms with Gasteiger partial charge in [-0.1, -0.05) is 32.0 Å². The lowest BCUT2D eigenvalue weighted by Gasteiger charge is -2.67. The highest BCUT2D eigenvalue weighted by molar-refractivity contribution is 5.91. The van der Waals surface area contributed by atoms with Gasteiger partial charge in [-0.05, 0) is 37.1 Å². The Morgan fingerprint density at radius 3 is 2.09 bits per heavy atom. The van der Waals surface area contributed by atoms with E-state index in [9.17, 15) is 34.2 Å². The maximum absolute atomic E-state index is 14.2. The Morgan fingerprint density at radius 1 is 0.933 bits per heavy atom. The minimum Gasteiger partial charge on any atom is -0.458 e. The quantitative estimate of drug-likeness (QED) is 0.277. The molecule has 3 aliphatic carbocycles. The van der Waals surface area contributed by atoms with Crippen molar-refractivity contribution in [3.63, 3.8) is 0 Å². The van der Waals surface area contributed by atoms with Gasteiger partial charge >= 0.3 is 23.9 Å². The van der Waals surface area contributed by atoms with Crippen molar-refractivity contribution >= 4 is 29.7 Å². The van der Waals surface area contributed by atoms with Crippen molar-refractivity contribution in [3.8, 4) is 0 Å². The summed E-state index contributed by atoms with van der Waals surface area (Å²) in [6.07, 6.45) is -7.56. The first-order valence-corrected chi connectivity index (χ1v) is 15.0. The number of Topliss-reactive ketones (excluding diaryl/α,β-unsaturated/α-hetero) is 1. The summed E-state index contributed by atoms with van der Waals surface area (Å²) < 4.78 is 29.4. The second-order valence-electron chi connectivity index (χ2n) is 13.4. The van der Waals surface area contributed by atoms with Crippen LogP contribution in [0.15, 0.2) is 41.5 Å². The van der Waals surface area contributed by atoms with Crippen LogP contribution in [0.5, 0.6) is 0 Å². The van der Waals surface area contributed by atoms with E-state index in [-0.39, 0.29) is 30.6 Å². The first-order valence-electron chi connectivity index (χ1n) is 15.0. The van der Waals surface area contributed by atoms with Crippen LogP contribution >= 0.6 is 0 Å². The van der Waals surface area contributed by atoms with Crippen molar-refractivity contribution in [2.24, 2.45) is 16.7 Å². The van der Waals surface area contributed by atoms with Crippen LogP contribution in [-0.2, 0) is 42.9 Å². The van der Waals surface area contributed by atoms with Gasteiger partial charge in [0.1, 0.15) is 35.8 Å². The van der Waals surface area contributed by atoms with Crippen molar-refractivity contribution in [2.75, 3.05) is 6.61 Å². The predicted octanol–water partition coefficient (Wildman–Crippen LogP) is 2.22. The monoisotopic (exact) mass is 628 g/mol. The number of hydrogen-bond donors (Lipinski definition) is 2. The molecule has 1 aromatic rings. The average Bonchev–Trinajstić information content (AvgIpc) is 2.94. The number of carbonyl (C=O) groups excluding carboxylic acids is 5. The summed E-state index contributed by atoms with van der Waals surface area (Å²) >= 11 is 0. The molecular formula is C33H40O12. The molecule has 1 saturated heterocycles. The minimum atomic E-state index is -2.15. The van der Waals surface area contributed by atoms with Gasteiger partial charge in [0.25, 0.3) is 0 Å². The second kappa shape index (κ2) is 11.0. The maximum atomic E-state index is 14.2. The lowest BCUT2D eigenvalue weighted by molar-refractivity contribution is -0.336. The highest BCUT2D eigenvalue weighted by Gasteiger charge is 2.78. The van der Waals surface area contributed by atoms with Gasteiger partial charge in [-0.3, -0.25) is 19.2 Å². The van der Waals surface area contributed by atoms with E-state index in [1.165, 1.54) is 32.9 Å². The van der Waals surface area contributed by atoms with Gasteiger partial charge in [0.05, 0.1) is 23.5 Å². The van der Waals surface area contributed by atoms with E-state index in [4.69, 9.17) is 23.7 Å². The van der Waals surface area contributed by atoms with Crippen molar-refractivity contribution in [1.29, 1.82) is 0 Å². The van der Waals surface area contributed by atoms with Gasteiger partial charge in [0, 0.05) is 39.0 Å². The molecule has 0 radical (unpaired) electrons. The molecule has 2 saturated carbocycles. The third kappa shape index (κ3) is 4.80. The van der Waals surface area contributed by atoms with Crippen LogP contribution in [0.3, 0.4) is 0 Å². The molecule has 2 N–H and O–H groups in total. The number of aliphatic hydroxyl groups is 2. The summed E-state index contributed by atoms with van der Waals surface area (Å²) in [5, 5.41) is 25.5. The summed E-state index contributed by atoms with van der Waals surface area (Å²) in [4.78, 5) is 65.6. The van der Waals surface area contributed by atoms with Crippen LogP contribution in [0.2, 0.25) is 0 Å². The van der Waals surface area contributed by atoms with E-state index in [0.717, 1.165) is 6.92 Å². The topological polar surface area (TPSA) is 172 Å². The van der Waals surface area contributed by atoms with E-state index < -0.39 is 88.1 Å². The third-order valence-corrected chi connectivity index (χ3v) is 10.5. The molecule has 9 atom stereocenters. The molecule has 244 valence electrons. The second-order valence-corrected chi connectivity index (χ2v) is 13.4. The normalized spacial score (nSPS) is 38.3. The number of fused-ring (bicyclic) bond motifs is 5. The zero-order valence-corrected chi connectivity index (χ0v) is 26.4. The number of rotatable bonds is 5. The number of ether oxygens (including phenoxy) is 5. The SMILES string of the molecule is CC(=O)O[C@H]1C[C@@]2(O)[C@@H](OC(=O)c3ccccc3)[C@@H]3[C@]4(OC(C)=O)CO[C@@H]4CC(=O)[C@@]3(C)[C@@H](O)[C@H](OC(C)=O)C(=C1C)C2(C)C. The van der Waals surface area contributed by atoms with Gasteiger partial charge in [-0.15, -0.1) is 0 Å². The fraction of sp³-hybridized carbons (Fsp3) is 0.606. The van der Waals surface area contributed by atoms with Gasteiger partial charge in [-0.25, -0.2) is 4.79 Å². The zero-order valence-electron chi connectivity index (χ0n) is 26.4. The summed E-state index contributed by atoms with van der Waals surface area (Å²) in [7, 11) is 0. The van der Waals surface area contributed by atoms with E-state index in [1.807, 2.05) is 0 Å². The van der Waals surface area contributed by atoms with Crippen LogP contribution in [0.1, 0.15) is 71.7 Å². The smallest absolute Gasteiger partial charge is 0.338 e. The number of hydrogen-bond acceptors (Lipinski definition) is 12. The Hall–Kier alpha value is -3.61. The number of esters is 4. The van der Waals surface area contributed by atoms with Crippen LogP contribution < -0.4 is 0 Å². The molecule has 3 fully saturated rings. The molecule has 5 rings (SSSR count). The van der Waals surface area contributed by atoms with E-state index >= 15 is 0 Å². The lowest BCUT2D eigenvalue weighted by Crippen LogP contribution is -2.81. The molecule has 1 heterocycles. The first-order chi connectivity index (χ1) is 20.9. The van der Waals surface area contributed by atoms with Crippen molar-refractivity contribution in [2.45, 2.75) is 103 Å². The molecule has 45 heavy (non-hydrogen) atoms. The Balaban J connectivity index is 1.86. The van der Waals surface area contributed by atoms with Gasteiger partial charge in [0.15, 0.2) is 11.7 Å². The Labute approximate surface area is 261 Å². The zero-order chi connectivity index (χ0) is 33.3. The predicted molar refractivity (Wildman–Crippen MR) is 154 cm³/mol. The van der Waals surface area contributed by atoms with Crippen LogP contribution in [0.4, 0.5) is 0 Å². The van der Waals surface area contributed by atoms with E-state index in [0.29, 0.717) is 5.57 Å². The number of carbonyl (C=O) groups is 5. The van der Waals surface area contributed by atoms with Crippen LogP contribution in [-0.4, -0.2) is 88.2 Å². The number of benzene rings is 1. The van der Waals surface area contributed by atoms with E-state index in [2.05, 4.69) is 0 Å². The van der Waals surface area contributed by atoms with Gasteiger partial charge in [-0.2, -0.15) is 0 Å². The van der Waals surface area contributed by atoms with Crippen molar-refractivity contribution in [1.82, 2.24) is 0 Å². The van der Waals surface area contributed by atoms with Crippen LogP contribution in [0, 0.1) is 16.7 Å². The van der Waals surface area contributed by atoms with E-state index in [1.54, 1.807) is 39.0 Å². The summed E-state index contributed by atoms with van der Waals surface area (Å²) in [5.41, 5.74) is -6.38. The number of ketones is 1. The molecule has 2 bridgehead atoms. The molecule has 1 aliphatic heterocycles. The largest absolute Gasteiger partial charge is 0.458 e. The van der Waals surface area contributed by atoms with Gasteiger partial charge < -0.3 is 33.9 Å². The average molecular weight is 629 g/mol. The van der Waals surface area contributed by atoms with Gasteiger partial charge in [0.2, 0.25) is 0 Å². The Bertz CT molecular complexity index is 1460. The molecule has 0 aromatic heterocycles. The highest BCUT2D eigenvalue weighted by atomic mass is 16.6. The maximum Gasteiger partial charge on any atom is 0.338 e. The molecule has 0 amide bonds. The fourth-order valence-corrected chi connectivity index (χ4v) is 8.25. The van der Waals surface area contributed by atoms with Crippen LogP contribution in [0.25, 0.3) is 0 Å². The summed E-state index contributed by atoms with van der Waals surface area (Å²) in [6, 6.07) is 8.01. The molecule has 4 aliphatic rings. The Morgan fingerprint density at radius 2 is 1.56 bits per heavy atom. The molecule has 0 spiro atoms. The minimum absolute atomic E-state index is 0.144. The first kappa shape index (κ1) is 32.8. The van der Waals surface area contributed by atoms with Crippen molar-refractivity contribution in [3.05, 3.63) is 47.0 Å². The van der Waals surface area contributed by atoms with Crippen molar-refractivity contribution < 1.29 is 57.9 Å². The standard InChI is InChI=1S/C33H40O12/c1-16-21(42-17(2)34)14-33(40)28(44-29(39)20-11-9-8-10-12-20)26-31(7,22(37)13-23-32(26,15-41-23)45-19(4)36)27(38)25(43-18(3)35)24(16)30(33,5)6/h8-12,21,23,25-28,38,40H,13-15H2,1-7H3/t21-,23+,25+,26-,27-,28-,31+,32-,33+/m0/s1. The highest BCUT2D eigenvalue weighted by Crippen LogP contribution is 2.64. The summed E-state index contributed by atoms with van der Waals surface area (Å²) in [5.74, 6) is -4.93. The Kier molecular flexibility index (Phi) is 8.03. The molecule has 1 aromatic carbocycles. The fourth-order valence-electron chi connectivity index (χ4n) is 8.25. The number of aliphatic hydroxyl groups excluding tert-OH is 1. The third-order valence-electron chi connectivity index (χ3n) is 10.5. The summed E-state index contributed by atoms with van der Waals surface area (Å²) in [6.45, 7) is 9.68. The molecule has 12 nitrogen and oxygen atoms in total. The lowest BCUT2D eigenvalue weighted by atomic mass is 9.44.